The van der Waals surface area contributed by atoms with Gasteiger partial charge in [-0.25, -0.2) is 0 Å². The maximum Gasteiger partial charge on any atom is 0.320 e. The van der Waals surface area contributed by atoms with Crippen LogP contribution < -0.4 is 0 Å². The smallest absolute Gasteiger partial charge is 0.320 e. The lowest BCUT2D eigenvalue weighted by Gasteiger charge is -2.11. The third-order valence-corrected chi connectivity index (χ3v) is 3.62. The maximum absolute atomic E-state index is 11.9. The summed E-state index contributed by atoms with van der Waals surface area (Å²) in [5.74, 6) is -3.27. The molecule has 0 aromatic heterocycles. The third kappa shape index (κ3) is 5.86. The van der Waals surface area contributed by atoms with Crippen molar-refractivity contribution in [3.63, 3.8) is 0 Å². The Balaban J connectivity index is 2.70. The van der Waals surface area contributed by atoms with Crippen molar-refractivity contribution in [1.82, 2.24) is 0 Å². The predicted molar refractivity (Wildman–Crippen MR) is 86.5 cm³/mol. The normalized spacial score (nSPS) is 11.2. The van der Waals surface area contributed by atoms with Crippen LogP contribution in [0.4, 0.5) is 0 Å². The molecule has 0 unspecified atom stereocenters. The van der Waals surface area contributed by atoms with Gasteiger partial charge in [0.05, 0.1) is 14.2 Å². The van der Waals surface area contributed by atoms with Crippen LogP contribution >= 0.6 is 15.9 Å². The molecule has 0 aliphatic heterocycles. The molecule has 6 nitrogen and oxygen atoms in total. The molecule has 1 aromatic rings. The first kappa shape index (κ1) is 18.9. The minimum Gasteiger partial charge on any atom is -0.507 e. The van der Waals surface area contributed by atoms with Gasteiger partial charge in [0.1, 0.15) is 5.76 Å². The lowest BCUT2D eigenvalue weighted by molar-refractivity contribution is -0.159. The molecule has 0 saturated heterocycles. The quantitative estimate of drug-likeness (QED) is 0.336. The first-order valence-electron chi connectivity index (χ1n) is 6.74. The monoisotopic (exact) mass is 384 g/mol. The Kier molecular flexibility index (Phi) is 7.47. The number of rotatable bonds is 7. The van der Waals surface area contributed by atoms with E-state index < -0.39 is 23.6 Å². The van der Waals surface area contributed by atoms with Crippen molar-refractivity contribution in [2.24, 2.45) is 5.92 Å². The molecule has 0 spiro atoms. The molecule has 0 saturated carbocycles. The molecule has 0 heterocycles. The van der Waals surface area contributed by atoms with Gasteiger partial charge in [0, 0.05) is 22.5 Å². The number of allylic oxidation sites excluding steroid dienone is 1. The van der Waals surface area contributed by atoms with Gasteiger partial charge in [0.25, 0.3) is 0 Å². The first-order chi connectivity index (χ1) is 10.9. The van der Waals surface area contributed by atoms with Gasteiger partial charge in [-0.2, -0.15) is 0 Å². The van der Waals surface area contributed by atoms with E-state index in [4.69, 9.17) is 0 Å². The van der Waals surface area contributed by atoms with Gasteiger partial charge in [0.2, 0.25) is 0 Å². The van der Waals surface area contributed by atoms with Crippen LogP contribution in [0.1, 0.15) is 18.4 Å². The first-order valence-corrected chi connectivity index (χ1v) is 7.53. The number of hydrogen-bond donors (Lipinski definition) is 1. The molecule has 1 rings (SSSR count). The van der Waals surface area contributed by atoms with Crippen molar-refractivity contribution in [3.05, 3.63) is 40.4 Å². The Bertz CT molecular complexity index is 590. The van der Waals surface area contributed by atoms with Crippen molar-refractivity contribution in [2.45, 2.75) is 12.8 Å². The van der Waals surface area contributed by atoms with Gasteiger partial charge in [-0.1, -0.05) is 28.1 Å². The van der Waals surface area contributed by atoms with E-state index in [-0.39, 0.29) is 18.6 Å². The second kappa shape index (κ2) is 9.09. The van der Waals surface area contributed by atoms with Crippen LogP contribution in [-0.2, 0) is 23.9 Å². The van der Waals surface area contributed by atoms with E-state index in [1.54, 1.807) is 24.3 Å². The number of hydrogen-bond acceptors (Lipinski definition) is 6. The molecule has 0 bridgehead atoms. The maximum atomic E-state index is 11.9. The Hall–Kier alpha value is -2.15. The van der Waals surface area contributed by atoms with Crippen LogP contribution in [0.3, 0.4) is 0 Å². The minimum absolute atomic E-state index is 0.0533. The number of ketones is 1. The van der Waals surface area contributed by atoms with E-state index in [1.165, 1.54) is 0 Å². The number of benzene rings is 1. The molecule has 1 aromatic carbocycles. The molecule has 0 amide bonds. The Morgan fingerprint density at radius 3 is 2.13 bits per heavy atom. The highest BCUT2D eigenvalue weighted by Gasteiger charge is 2.28. The summed E-state index contributed by atoms with van der Waals surface area (Å²) < 4.78 is 9.86. The van der Waals surface area contributed by atoms with Gasteiger partial charge < -0.3 is 14.6 Å². The zero-order chi connectivity index (χ0) is 17.4. The second-order valence-corrected chi connectivity index (χ2v) is 5.56. The fourth-order valence-electron chi connectivity index (χ4n) is 1.83. The third-order valence-electron chi connectivity index (χ3n) is 3.09. The van der Waals surface area contributed by atoms with Crippen LogP contribution in [0.15, 0.2) is 34.8 Å². The number of methoxy groups -OCH3 is 2. The summed E-state index contributed by atoms with van der Waals surface area (Å²) in [7, 11) is 2.30. The minimum atomic E-state index is -1.16. The van der Waals surface area contributed by atoms with Crippen LogP contribution in [0.2, 0.25) is 0 Å². The van der Waals surface area contributed by atoms with Gasteiger partial charge in [0.15, 0.2) is 11.7 Å². The molecular weight excluding hydrogens is 368 g/mol. The van der Waals surface area contributed by atoms with Gasteiger partial charge in [-0.05, 0) is 18.6 Å². The Morgan fingerprint density at radius 1 is 1.13 bits per heavy atom. The summed E-state index contributed by atoms with van der Waals surface area (Å²) in [5.41, 5.74) is 0.485. The Labute approximate surface area is 142 Å². The SMILES string of the molecule is COC(=O)C(CCC(=O)/C=C(\O)c1ccc(Br)cc1)C(=O)OC. The van der Waals surface area contributed by atoms with E-state index in [1.807, 2.05) is 0 Å². The highest BCUT2D eigenvalue weighted by atomic mass is 79.9. The summed E-state index contributed by atoms with van der Waals surface area (Å²) in [5, 5.41) is 9.90. The number of carbonyl (C=O) groups is 3. The summed E-state index contributed by atoms with van der Waals surface area (Å²) in [4.78, 5) is 34.9. The molecule has 0 aliphatic rings. The topological polar surface area (TPSA) is 89.9 Å². The van der Waals surface area contributed by atoms with Crippen LogP contribution in [0.5, 0.6) is 0 Å². The highest BCUT2D eigenvalue weighted by molar-refractivity contribution is 9.10. The zero-order valence-electron chi connectivity index (χ0n) is 12.7. The summed E-state index contributed by atoms with van der Waals surface area (Å²) >= 11 is 3.27. The van der Waals surface area contributed by atoms with E-state index in [2.05, 4.69) is 25.4 Å². The summed E-state index contributed by atoms with van der Waals surface area (Å²) in [6.07, 6.45) is 0.909. The van der Waals surface area contributed by atoms with E-state index in [9.17, 15) is 19.5 Å². The molecule has 0 radical (unpaired) electrons. The number of halogens is 1. The van der Waals surface area contributed by atoms with Crippen LogP contribution in [0.25, 0.3) is 5.76 Å². The zero-order valence-corrected chi connectivity index (χ0v) is 14.3. The van der Waals surface area contributed by atoms with Crippen molar-refractivity contribution < 1.29 is 29.0 Å². The van der Waals surface area contributed by atoms with E-state index in [0.29, 0.717) is 5.56 Å². The lowest BCUT2D eigenvalue weighted by Crippen LogP contribution is -2.27. The Morgan fingerprint density at radius 2 is 1.65 bits per heavy atom. The lowest BCUT2D eigenvalue weighted by atomic mass is 10.0. The van der Waals surface area contributed by atoms with Crippen molar-refractivity contribution in [2.75, 3.05) is 14.2 Å². The van der Waals surface area contributed by atoms with Crippen LogP contribution in [-0.4, -0.2) is 37.0 Å². The van der Waals surface area contributed by atoms with Crippen LogP contribution in [0, 0.1) is 5.92 Å². The fourth-order valence-corrected chi connectivity index (χ4v) is 2.10. The fraction of sp³-hybridized carbons (Fsp3) is 0.312. The average molecular weight is 385 g/mol. The molecule has 0 fully saturated rings. The molecule has 0 aliphatic carbocycles. The van der Waals surface area contributed by atoms with Crippen molar-refractivity contribution in [1.29, 1.82) is 0 Å². The predicted octanol–water partition coefficient (Wildman–Crippen LogP) is 2.66. The molecule has 23 heavy (non-hydrogen) atoms. The highest BCUT2D eigenvalue weighted by Crippen LogP contribution is 2.17. The molecule has 0 atom stereocenters. The second-order valence-electron chi connectivity index (χ2n) is 4.64. The number of aliphatic hydroxyl groups is 1. The van der Waals surface area contributed by atoms with Gasteiger partial charge in [-0.15, -0.1) is 0 Å². The van der Waals surface area contributed by atoms with Crippen molar-refractivity contribution in [3.8, 4) is 0 Å². The number of aliphatic hydroxyl groups excluding tert-OH is 1. The average Bonchev–Trinajstić information content (AvgIpc) is 2.54. The van der Waals surface area contributed by atoms with Gasteiger partial charge >= 0.3 is 11.9 Å². The number of esters is 2. The largest absolute Gasteiger partial charge is 0.507 e. The molecule has 7 heteroatoms. The van der Waals surface area contributed by atoms with Crippen molar-refractivity contribution >= 4 is 39.4 Å². The van der Waals surface area contributed by atoms with E-state index in [0.717, 1.165) is 24.8 Å². The molecule has 124 valence electrons. The number of ether oxygens (including phenoxy) is 2. The molecule has 1 N–H and O–H groups in total. The standard InChI is InChI=1S/C16H17BrO6/c1-22-15(20)13(16(21)23-2)8-7-12(18)9-14(19)10-3-5-11(17)6-4-10/h3-6,9,13,19H,7-8H2,1-2H3/b14-9-. The summed E-state index contributed by atoms with van der Waals surface area (Å²) in [6, 6.07) is 6.76. The number of carbonyl (C=O) groups excluding carboxylic acids is 3. The summed E-state index contributed by atoms with van der Waals surface area (Å²) in [6.45, 7) is 0. The molecular formula is C16H17BrO6. The van der Waals surface area contributed by atoms with Gasteiger partial charge in [-0.3, -0.25) is 14.4 Å². The van der Waals surface area contributed by atoms with E-state index >= 15 is 0 Å².